The number of H-pyrrole nitrogens is 1. The first-order valence-corrected chi connectivity index (χ1v) is 14.6. The fourth-order valence-electron chi connectivity index (χ4n) is 2.15. The van der Waals surface area contributed by atoms with Crippen molar-refractivity contribution < 1.29 is 13.6 Å². The maximum Gasteiger partial charge on any atom is 0.242 e. The first-order chi connectivity index (χ1) is 10.5. The van der Waals surface area contributed by atoms with E-state index in [0.29, 0.717) is 22.8 Å². The van der Waals surface area contributed by atoms with Crippen molar-refractivity contribution in [3.05, 3.63) is 47.8 Å². The lowest BCUT2D eigenvalue weighted by atomic mass is 10.1. The normalized spacial score (nSPS) is 12.1. The van der Waals surface area contributed by atoms with Gasteiger partial charge in [-0.1, -0.05) is 0 Å². The molecule has 2 rings (SSSR count). The van der Waals surface area contributed by atoms with Crippen molar-refractivity contribution in [2.75, 3.05) is 0 Å². The zero-order valence-corrected chi connectivity index (χ0v) is 16.7. The number of nitrogens with one attached hydrogen (secondary N) is 1. The fourth-order valence-corrected chi connectivity index (χ4v) is 3.80. The number of hydrogen-bond acceptors (Lipinski definition) is 3. The van der Waals surface area contributed by atoms with E-state index in [2.05, 4.69) is 44.3 Å². The van der Waals surface area contributed by atoms with Crippen LogP contribution in [0, 0.1) is 0 Å². The van der Waals surface area contributed by atoms with E-state index >= 15 is 0 Å². The van der Waals surface area contributed by atoms with E-state index in [1.54, 1.807) is 24.4 Å². The number of hydrogen-bond donors (Lipinski definition) is 1. The molecule has 1 heterocycles. The van der Waals surface area contributed by atoms with Crippen LogP contribution in [0.25, 0.3) is 0 Å². The predicted octanol–water partition coefficient (Wildman–Crippen LogP) is 4.67. The first kappa shape index (κ1) is 17.6. The molecule has 1 N–H and O–H groups in total. The third kappa shape index (κ3) is 5.40. The summed E-state index contributed by atoms with van der Waals surface area (Å²) in [7, 11) is -3.53. The van der Waals surface area contributed by atoms with Gasteiger partial charge in [-0.15, -0.1) is 0 Å². The minimum atomic E-state index is -1.77. The molecule has 0 bridgehead atoms. The average molecular weight is 348 g/mol. The van der Waals surface area contributed by atoms with E-state index in [9.17, 15) is 4.79 Å². The molecule has 0 atom stereocenters. The summed E-state index contributed by atoms with van der Waals surface area (Å²) >= 11 is 0. The van der Waals surface area contributed by atoms with Gasteiger partial charge >= 0.3 is 0 Å². The molecule has 0 radical (unpaired) electrons. The molecular formula is C17H25NO3Si2. The van der Waals surface area contributed by atoms with Crippen LogP contribution in [0.4, 0.5) is 0 Å². The zero-order chi connectivity index (χ0) is 17.3. The van der Waals surface area contributed by atoms with E-state index in [1.807, 2.05) is 12.1 Å². The van der Waals surface area contributed by atoms with Gasteiger partial charge in [-0.3, -0.25) is 4.79 Å². The Morgan fingerprint density at radius 1 is 0.913 bits per heavy atom. The molecule has 0 fully saturated rings. The number of carbonyl (C=O) groups is 1. The van der Waals surface area contributed by atoms with Crippen LogP contribution in [0.15, 0.2) is 36.5 Å². The van der Waals surface area contributed by atoms with Crippen LogP contribution in [-0.4, -0.2) is 27.4 Å². The maximum atomic E-state index is 12.6. The highest BCUT2D eigenvalue weighted by Crippen LogP contribution is 2.28. The molecule has 0 saturated heterocycles. The van der Waals surface area contributed by atoms with Gasteiger partial charge in [0.2, 0.25) is 22.4 Å². The molecule has 0 unspecified atom stereocenters. The third-order valence-electron chi connectivity index (χ3n) is 2.83. The van der Waals surface area contributed by atoms with Crippen LogP contribution in [-0.2, 0) is 0 Å². The van der Waals surface area contributed by atoms with Crippen LogP contribution < -0.4 is 8.85 Å². The minimum Gasteiger partial charge on any atom is -0.544 e. The Kier molecular flexibility index (Phi) is 4.86. The van der Waals surface area contributed by atoms with Gasteiger partial charge in [0.05, 0.1) is 5.69 Å². The quantitative estimate of drug-likeness (QED) is 0.610. The lowest BCUT2D eigenvalue weighted by molar-refractivity contribution is 0.103. The van der Waals surface area contributed by atoms with E-state index in [0.717, 1.165) is 0 Å². The number of rotatable bonds is 6. The van der Waals surface area contributed by atoms with E-state index in [1.165, 1.54) is 0 Å². The summed E-state index contributed by atoms with van der Waals surface area (Å²) in [5.74, 6) is 1.35. The highest BCUT2D eigenvalue weighted by Gasteiger charge is 2.21. The summed E-state index contributed by atoms with van der Waals surface area (Å²) in [5.41, 5.74) is 1.14. The number of aromatic nitrogens is 1. The molecular weight excluding hydrogens is 322 g/mol. The molecule has 0 amide bonds. The molecule has 0 saturated carbocycles. The molecule has 0 aliphatic heterocycles. The molecule has 1 aromatic heterocycles. The van der Waals surface area contributed by atoms with Gasteiger partial charge in [-0.2, -0.15) is 0 Å². The molecule has 0 aliphatic rings. The van der Waals surface area contributed by atoms with Crippen molar-refractivity contribution in [1.82, 2.24) is 4.98 Å². The first-order valence-electron chi connectivity index (χ1n) is 7.75. The Hall–Kier alpha value is -1.80. The Morgan fingerprint density at radius 2 is 1.43 bits per heavy atom. The monoisotopic (exact) mass is 347 g/mol. The molecule has 4 nitrogen and oxygen atoms in total. The second-order valence-corrected chi connectivity index (χ2v) is 16.4. The van der Waals surface area contributed by atoms with E-state index in [4.69, 9.17) is 8.85 Å². The second-order valence-electron chi connectivity index (χ2n) is 7.53. The van der Waals surface area contributed by atoms with Gasteiger partial charge < -0.3 is 13.8 Å². The SMILES string of the molecule is C[Si](C)(C)Oc1cc(O[Si](C)(C)C)cc(C(=O)c2ccc[nH]2)c1. The summed E-state index contributed by atoms with van der Waals surface area (Å²) in [6, 6.07) is 9.08. The van der Waals surface area contributed by atoms with Gasteiger partial charge in [0, 0.05) is 17.8 Å². The van der Waals surface area contributed by atoms with Crippen LogP contribution in [0.3, 0.4) is 0 Å². The van der Waals surface area contributed by atoms with E-state index < -0.39 is 16.6 Å². The third-order valence-corrected chi connectivity index (χ3v) is 4.53. The summed E-state index contributed by atoms with van der Waals surface area (Å²) in [5, 5.41) is 0. The van der Waals surface area contributed by atoms with Gasteiger partial charge in [-0.05, 0) is 63.5 Å². The van der Waals surface area contributed by atoms with Crippen LogP contribution in [0.1, 0.15) is 16.1 Å². The zero-order valence-electron chi connectivity index (χ0n) is 14.7. The van der Waals surface area contributed by atoms with Crippen molar-refractivity contribution in [3.8, 4) is 11.5 Å². The lowest BCUT2D eigenvalue weighted by Gasteiger charge is -2.23. The van der Waals surface area contributed by atoms with Crippen molar-refractivity contribution in [1.29, 1.82) is 0 Å². The van der Waals surface area contributed by atoms with Crippen LogP contribution in [0.5, 0.6) is 11.5 Å². The molecule has 0 aliphatic carbocycles. The topological polar surface area (TPSA) is 51.3 Å². The Balaban J connectivity index is 2.42. The highest BCUT2D eigenvalue weighted by atomic mass is 28.4. The minimum absolute atomic E-state index is 0.0588. The van der Waals surface area contributed by atoms with E-state index in [-0.39, 0.29) is 5.78 Å². The summed E-state index contributed by atoms with van der Waals surface area (Å²) < 4.78 is 12.2. The maximum absolute atomic E-state index is 12.6. The summed E-state index contributed by atoms with van der Waals surface area (Å²) in [4.78, 5) is 15.6. The van der Waals surface area contributed by atoms with Gasteiger partial charge in [0.25, 0.3) is 0 Å². The smallest absolute Gasteiger partial charge is 0.242 e. The van der Waals surface area contributed by atoms with Crippen LogP contribution in [0.2, 0.25) is 39.3 Å². The van der Waals surface area contributed by atoms with Gasteiger partial charge in [0.15, 0.2) is 0 Å². The lowest BCUT2D eigenvalue weighted by Crippen LogP contribution is -2.30. The summed E-state index contributed by atoms with van der Waals surface area (Å²) in [6.07, 6.45) is 1.75. The number of benzene rings is 1. The largest absolute Gasteiger partial charge is 0.544 e. The van der Waals surface area contributed by atoms with Gasteiger partial charge in [0.1, 0.15) is 11.5 Å². The van der Waals surface area contributed by atoms with Crippen LogP contribution >= 0.6 is 0 Å². The second kappa shape index (κ2) is 6.37. The Bertz CT molecular complexity index is 649. The molecule has 1 aromatic carbocycles. The fraction of sp³-hybridized carbons (Fsp3) is 0.353. The summed E-state index contributed by atoms with van der Waals surface area (Å²) in [6.45, 7) is 12.7. The molecule has 23 heavy (non-hydrogen) atoms. The van der Waals surface area contributed by atoms with Crippen molar-refractivity contribution in [3.63, 3.8) is 0 Å². The molecule has 2 aromatic rings. The standard InChI is InChI=1S/C17H25NO3Si2/c1-22(2,3)20-14-10-13(17(19)16-8-7-9-18-16)11-15(12-14)21-23(4,5)6/h7-12,18H,1-6H3. The number of carbonyl (C=O) groups excluding carboxylic acids is 1. The number of aromatic amines is 1. The van der Waals surface area contributed by atoms with Gasteiger partial charge in [-0.25, -0.2) is 0 Å². The molecule has 6 heteroatoms. The average Bonchev–Trinajstić information content (AvgIpc) is 2.86. The number of ketones is 1. The van der Waals surface area contributed by atoms with Crippen molar-refractivity contribution in [2.45, 2.75) is 39.3 Å². The molecule has 0 spiro atoms. The van der Waals surface area contributed by atoms with Crippen molar-refractivity contribution in [2.24, 2.45) is 0 Å². The Morgan fingerprint density at radius 3 is 1.83 bits per heavy atom. The Labute approximate surface area is 140 Å². The van der Waals surface area contributed by atoms with Crippen molar-refractivity contribution >= 4 is 22.4 Å². The predicted molar refractivity (Wildman–Crippen MR) is 98.6 cm³/mol. The molecule has 124 valence electrons. The highest BCUT2D eigenvalue weighted by molar-refractivity contribution is 6.70.